The van der Waals surface area contributed by atoms with Gasteiger partial charge < -0.3 is 4.90 Å². The highest BCUT2D eigenvalue weighted by atomic mass is 35.5. The van der Waals surface area contributed by atoms with E-state index in [0.29, 0.717) is 0 Å². The molecule has 1 heterocycles. The Morgan fingerprint density at radius 2 is 1.43 bits per heavy atom. The van der Waals surface area contributed by atoms with Crippen LogP contribution in [-0.4, -0.2) is 31.1 Å². The van der Waals surface area contributed by atoms with E-state index < -0.39 is 0 Å². The number of rotatable bonds is 5. The van der Waals surface area contributed by atoms with Crippen LogP contribution in [0.5, 0.6) is 0 Å². The summed E-state index contributed by atoms with van der Waals surface area (Å²) in [6.07, 6.45) is 0. The van der Waals surface area contributed by atoms with Gasteiger partial charge in [0.1, 0.15) is 0 Å². The van der Waals surface area contributed by atoms with Gasteiger partial charge in [0.15, 0.2) is 0 Å². The highest BCUT2D eigenvalue weighted by Crippen LogP contribution is 2.37. The van der Waals surface area contributed by atoms with Crippen LogP contribution in [0.25, 0.3) is 0 Å². The molecule has 1 unspecified atom stereocenters. The fourth-order valence-corrected chi connectivity index (χ4v) is 5.31. The van der Waals surface area contributed by atoms with E-state index in [4.69, 9.17) is 34.8 Å². The van der Waals surface area contributed by atoms with Crippen LogP contribution in [0.15, 0.2) is 76.5 Å². The summed E-state index contributed by atoms with van der Waals surface area (Å²) in [5.41, 5.74) is 2.45. The number of anilines is 1. The Bertz CT molecular complexity index is 1000. The lowest BCUT2D eigenvalue weighted by Crippen LogP contribution is -2.47. The number of hydrogen-bond donors (Lipinski definition) is 0. The summed E-state index contributed by atoms with van der Waals surface area (Å²) in [4.78, 5) is 7.32. The van der Waals surface area contributed by atoms with Gasteiger partial charge in [-0.05, 0) is 73.2 Å². The summed E-state index contributed by atoms with van der Waals surface area (Å²) >= 11 is 20.3. The molecule has 156 valence electrons. The van der Waals surface area contributed by atoms with Crippen molar-refractivity contribution in [2.45, 2.75) is 22.8 Å². The van der Waals surface area contributed by atoms with E-state index in [0.717, 1.165) is 41.2 Å². The molecule has 1 aliphatic heterocycles. The maximum absolute atomic E-state index is 6.38. The summed E-state index contributed by atoms with van der Waals surface area (Å²) in [7, 11) is 0. The second-order valence-electron chi connectivity index (χ2n) is 7.42. The van der Waals surface area contributed by atoms with Crippen molar-refractivity contribution in [3.8, 4) is 0 Å². The zero-order chi connectivity index (χ0) is 21.1. The van der Waals surface area contributed by atoms with Crippen LogP contribution in [0.4, 0.5) is 5.69 Å². The van der Waals surface area contributed by atoms with E-state index >= 15 is 0 Å². The van der Waals surface area contributed by atoms with Gasteiger partial charge in [0.2, 0.25) is 0 Å². The first-order valence-electron chi connectivity index (χ1n) is 9.97. The van der Waals surface area contributed by atoms with Crippen molar-refractivity contribution >= 4 is 52.3 Å². The minimum atomic E-state index is 0.278. The summed E-state index contributed by atoms with van der Waals surface area (Å²) in [6, 6.07) is 22.5. The lowest BCUT2D eigenvalue weighted by Gasteiger charge is -2.39. The molecule has 1 fully saturated rings. The molecule has 4 rings (SSSR count). The molecule has 0 spiro atoms. The first-order valence-corrected chi connectivity index (χ1v) is 11.9. The summed E-state index contributed by atoms with van der Waals surface area (Å²) in [6.45, 7) is 6.21. The molecule has 1 atom stereocenters. The summed E-state index contributed by atoms with van der Waals surface area (Å²) in [5, 5.41) is 2.31. The molecule has 30 heavy (non-hydrogen) atoms. The van der Waals surface area contributed by atoms with E-state index in [2.05, 4.69) is 47.1 Å². The SMILES string of the molecule is CC(c1cc(Cl)ccc1Sc1ccc(Cl)cc1)N1CCN(c2cccc(Cl)c2)CC1. The number of piperazine rings is 1. The molecule has 0 amide bonds. The summed E-state index contributed by atoms with van der Waals surface area (Å²) < 4.78 is 0. The normalized spacial score (nSPS) is 15.9. The third kappa shape index (κ3) is 5.27. The molecule has 1 aliphatic rings. The van der Waals surface area contributed by atoms with E-state index in [-0.39, 0.29) is 6.04 Å². The number of nitrogens with zero attached hydrogens (tertiary/aromatic N) is 2. The molecule has 0 saturated carbocycles. The van der Waals surface area contributed by atoms with Crippen molar-refractivity contribution < 1.29 is 0 Å². The molecule has 1 saturated heterocycles. The number of benzene rings is 3. The summed E-state index contributed by atoms with van der Waals surface area (Å²) in [5.74, 6) is 0. The van der Waals surface area contributed by atoms with Gasteiger partial charge in [-0.15, -0.1) is 0 Å². The molecule has 2 nitrogen and oxygen atoms in total. The van der Waals surface area contributed by atoms with Gasteiger partial charge in [-0.25, -0.2) is 0 Å². The Morgan fingerprint density at radius 1 is 0.767 bits per heavy atom. The van der Waals surface area contributed by atoms with Crippen molar-refractivity contribution in [2.24, 2.45) is 0 Å². The first kappa shape index (κ1) is 21.9. The third-order valence-corrected chi connectivity index (χ3v) is 7.32. The second-order valence-corrected chi connectivity index (χ2v) is 9.84. The van der Waals surface area contributed by atoms with Crippen molar-refractivity contribution in [3.05, 3.63) is 87.4 Å². The minimum Gasteiger partial charge on any atom is -0.369 e. The van der Waals surface area contributed by atoms with Crippen LogP contribution in [0.3, 0.4) is 0 Å². The highest BCUT2D eigenvalue weighted by Gasteiger charge is 2.24. The third-order valence-electron chi connectivity index (χ3n) is 5.50. The lowest BCUT2D eigenvalue weighted by molar-refractivity contribution is 0.196. The van der Waals surface area contributed by atoms with Gasteiger partial charge >= 0.3 is 0 Å². The topological polar surface area (TPSA) is 6.48 Å². The monoisotopic (exact) mass is 476 g/mol. The minimum absolute atomic E-state index is 0.278. The smallest absolute Gasteiger partial charge is 0.0426 e. The van der Waals surface area contributed by atoms with E-state index in [9.17, 15) is 0 Å². The van der Waals surface area contributed by atoms with Gasteiger partial charge in [-0.2, -0.15) is 0 Å². The molecule has 0 aromatic heterocycles. The quantitative estimate of drug-likeness (QED) is 0.372. The molecule has 6 heteroatoms. The van der Waals surface area contributed by atoms with Crippen LogP contribution in [0.2, 0.25) is 15.1 Å². The molecular formula is C24H23Cl3N2S. The van der Waals surface area contributed by atoms with E-state index in [1.807, 2.05) is 36.4 Å². The van der Waals surface area contributed by atoms with Gasteiger partial charge in [0, 0.05) is 62.8 Å². The molecule has 3 aromatic carbocycles. The van der Waals surface area contributed by atoms with E-state index in [1.165, 1.54) is 21.0 Å². The zero-order valence-corrected chi connectivity index (χ0v) is 19.8. The largest absolute Gasteiger partial charge is 0.369 e. The highest BCUT2D eigenvalue weighted by molar-refractivity contribution is 7.99. The average Bonchev–Trinajstić information content (AvgIpc) is 2.76. The number of hydrogen-bond acceptors (Lipinski definition) is 3. The predicted molar refractivity (Wildman–Crippen MR) is 131 cm³/mol. The van der Waals surface area contributed by atoms with Crippen LogP contribution in [0.1, 0.15) is 18.5 Å². The average molecular weight is 478 g/mol. The van der Waals surface area contributed by atoms with Gasteiger partial charge in [-0.3, -0.25) is 4.90 Å². The van der Waals surface area contributed by atoms with Crippen LogP contribution in [0, 0.1) is 0 Å². The zero-order valence-electron chi connectivity index (χ0n) is 16.7. The van der Waals surface area contributed by atoms with Gasteiger partial charge in [-0.1, -0.05) is 52.6 Å². The molecule has 3 aromatic rings. The van der Waals surface area contributed by atoms with Crippen LogP contribution in [-0.2, 0) is 0 Å². The van der Waals surface area contributed by atoms with E-state index in [1.54, 1.807) is 11.8 Å². The fourth-order valence-electron chi connectivity index (χ4n) is 3.81. The first-order chi connectivity index (χ1) is 14.5. The van der Waals surface area contributed by atoms with Gasteiger partial charge in [0.25, 0.3) is 0 Å². The molecule has 0 bridgehead atoms. The van der Waals surface area contributed by atoms with Crippen molar-refractivity contribution in [3.63, 3.8) is 0 Å². The fraction of sp³-hybridized carbons (Fsp3) is 0.250. The van der Waals surface area contributed by atoms with Crippen molar-refractivity contribution in [2.75, 3.05) is 31.1 Å². The molecule has 0 N–H and O–H groups in total. The molecule has 0 aliphatic carbocycles. The Morgan fingerprint density at radius 3 is 2.13 bits per heavy atom. The van der Waals surface area contributed by atoms with Crippen molar-refractivity contribution in [1.82, 2.24) is 4.90 Å². The number of halogens is 3. The molecular weight excluding hydrogens is 455 g/mol. The Kier molecular flexibility index (Phi) is 7.17. The Labute approximate surface area is 197 Å². The maximum Gasteiger partial charge on any atom is 0.0426 e. The Hall–Kier alpha value is -1.36. The lowest BCUT2D eigenvalue weighted by atomic mass is 10.1. The maximum atomic E-state index is 6.38. The van der Waals surface area contributed by atoms with Crippen molar-refractivity contribution in [1.29, 1.82) is 0 Å². The standard InChI is InChI=1S/C24H23Cl3N2S/c1-17(28-11-13-29(14-12-28)21-4-2-3-19(26)15-21)23-16-20(27)7-10-24(23)30-22-8-5-18(25)6-9-22/h2-10,15-17H,11-14H2,1H3. The van der Waals surface area contributed by atoms with Gasteiger partial charge in [0.05, 0.1) is 0 Å². The Balaban J connectivity index is 1.48. The molecule has 0 radical (unpaired) electrons. The van der Waals surface area contributed by atoms with Crippen LogP contribution < -0.4 is 4.90 Å². The van der Waals surface area contributed by atoms with Crippen LogP contribution >= 0.6 is 46.6 Å². The second kappa shape index (κ2) is 9.84. The predicted octanol–water partition coefficient (Wildman–Crippen LogP) is 7.68.